The van der Waals surface area contributed by atoms with Crippen LogP contribution in [0, 0.1) is 17.5 Å². The minimum Gasteiger partial charge on any atom is -0.206 e. The quantitative estimate of drug-likeness (QED) is 0.246. The Morgan fingerprint density at radius 3 is 1.94 bits per heavy atom. The number of aryl methyl sites for hydroxylation is 3. The van der Waals surface area contributed by atoms with Crippen molar-refractivity contribution in [3.63, 3.8) is 0 Å². The Balaban J connectivity index is 1.53. The molecule has 4 aromatic carbocycles. The van der Waals surface area contributed by atoms with E-state index in [9.17, 15) is 8.78 Å². The Bertz CT molecular complexity index is 1220. The summed E-state index contributed by atoms with van der Waals surface area (Å²) in [4.78, 5) is 0. The molecular weight excluding hydrogens is 429 g/mol. The molecule has 0 aliphatic heterocycles. The second-order valence-electron chi connectivity index (χ2n) is 8.16. The predicted octanol–water partition coefficient (Wildman–Crippen LogP) is 8.71. The Hall–Kier alpha value is -2.78. The van der Waals surface area contributed by atoms with Crippen molar-refractivity contribution in [3.05, 3.63) is 106 Å². The molecule has 4 rings (SSSR count). The summed E-state index contributed by atoms with van der Waals surface area (Å²) in [6.45, 7) is 2.20. The normalized spacial score (nSPS) is 11.3. The van der Waals surface area contributed by atoms with Crippen molar-refractivity contribution in [3.8, 4) is 11.1 Å². The second-order valence-corrected chi connectivity index (χ2v) is 8.53. The zero-order valence-corrected chi connectivity index (χ0v) is 18.7. The van der Waals surface area contributed by atoms with E-state index in [4.69, 9.17) is 11.6 Å². The Labute approximate surface area is 191 Å². The van der Waals surface area contributed by atoms with Crippen molar-refractivity contribution in [2.75, 3.05) is 0 Å². The molecule has 0 saturated carbocycles. The molecular formula is C28H24ClF3. The lowest BCUT2D eigenvalue weighted by atomic mass is 9.96. The van der Waals surface area contributed by atoms with Crippen LogP contribution in [0.2, 0.25) is 5.02 Å². The molecule has 0 unspecified atom stereocenters. The number of hydrogen-bond acceptors (Lipinski definition) is 0. The average molecular weight is 453 g/mol. The lowest BCUT2D eigenvalue weighted by Gasteiger charge is -2.10. The first-order chi connectivity index (χ1) is 15.5. The van der Waals surface area contributed by atoms with Gasteiger partial charge in [-0.15, -0.1) is 0 Å². The molecule has 0 nitrogen and oxygen atoms in total. The highest BCUT2D eigenvalue weighted by Gasteiger charge is 2.15. The molecule has 164 valence electrons. The van der Waals surface area contributed by atoms with E-state index in [0.717, 1.165) is 42.3 Å². The number of halogens is 4. The molecule has 0 saturated heterocycles. The lowest BCUT2D eigenvalue weighted by molar-refractivity contribution is 0.584. The van der Waals surface area contributed by atoms with E-state index >= 15 is 4.39 Å². The molecule has 0 radical (unpaired) electrons. The van der Waals surface area contributed by atoms with Gasteiger partial charge in [0.25, 0.3) is 0 Å². The van der Waals surface area contributed by atoms with Gasteiger partial charge in [-0.1, -0.05) is 79.5 Å². The molecule has 0 spiro atoms. The fraction of sp³-hybridized carbons (Fsp3) is 0.214. The maximum atomic E-state index is 15.1. The molecule has 4 heteroatoms. The van der Waals surface area contributed by atoms with E-state index in [1.165, 1.54) is 24.0 Å². The zero-order chi connectivity index (χ0) is 22.7. The van der Waals surface area contributed by atoms with E-state index < -0.39 is 22.5 Å². The van der Waals surface area contributed by atoms with Gasteiger partial charge < -0.3 is 0 Å². The average Bonchev–Trinajstić information content (AvgIpc) is 2.80. The first kappa shape index (κ1) is 22.4. The summed E-state index contributed by atoms with van der Waals surface area (Å²) >= 11 is 5.55. The first-order valence-corrected chi connectivity index (χ1v) is 11.3. The summed E-state index contributed by atoms with van der Waals surface area (Å²) in [5, 5.41) is 0.589. The van der Waals surface area contributed by atoms with Crippen molar-refractivity contribution < 1.29 is 13.2 Å². The summed E-state index contributed by atoms with van der Waals surface area (Å²) < 4.78 is 42.8. The molecule has 0 bridgehead atoms. The fourth-order valence-corrected chi connectivity index (χ4v) is 4.08. The smallest absolute Gasteiger partial charge is 0.145 e. The second kappa shape index (κ2) is 9.79. The maximum absolute atomic E-state index is 15.1. The van der Waals surface area contributed by atoms with Gasteiger partial charge in [-0.25, -0.2) is 13.2 Å². The SMILES string of the molecule is CCCCc1ccc(CCc2ccc3c(F)c(-c4cc(F)c(Cl)c(F)c4)ccc3c2)cc1. The number of hydrogen-bond donors (Lipinski definition) is 0. The minimum absolute atomic E-state index is 0.121. The molecule has 0 atom stereocenters. The van der Waals surface area contributed by atoms with Crippen LogP contribution in [0.3, 0.4) is 0 Å². The number of rotatable bonds is 7. The van der Waals surface area contributed by atoms with Crippen LogP contribution in [0.25, 0.3) is 21.9 Å². The molecule has 0 aliphatic carbocycles. The van der Waals surface area contributed by atoms with Crippen LogP contribution in [0.5, 0.6) is 0 Å². The van der Waals surface area contributed by atoms with Crippen LogP contribution in [0.1, 0.15) is 36.5 Å². The Morgan fingerprint density at radius 2 is 1.28 bits per heavy atom. The van der Waals surface area contributed by atoms with Gasteiger partial charge in [0.05, 0.1) is 0 Å². The highest BCUT2D eigenvalue weighted by molar-refractivity contribution is 6.31. The van der Waals surface area contributed by atoms with Crippen molar-refractivity contribution in [2.45, 2.75) is 39.0 Å². The Morgan fingerprint density at radius 1 is 0.688 bits per heavy atom. The van der Waals surface area contributed by atoms with Gasteiger partial charge in [-0.2, -0.15) is 0 Å². The van der Waals surface area contributed by atoms with Crippen LogP contribution in [-0.4, -0.2) is 0 Å². The highest BCUT2D eigenvalue weighted by Crippen LogP contribution is 2.32. The molecule has 32 heavy (non-hydrogen) atoms. The third-order valence-electron chi connectivity index (χ3n) is 5.86. The monoisotopic (exact) mass is 452 g/mol. The lowest BCUT2D eigenvalue weighted by Crippen LogP contribution is -1.94. The van der Waals surface area contributed by atoms with E-state index in [1.54, 1.807) is 18.2 Å². The van der Waals surface area contributed by atoms with Gasteiger partial charge in [0.15, 0.2) is 0 Å². The topological polar surface area (TPSA) is 0 Å². The Kier molecular flexibility index (Phi) is 6.86. The summed E-state index contributed by atoms with van der Waals surface area (Å²) in [6.07, 6.45) is 5.27. The van der Waals surface area contributed by atoms with E-state index in [2.05, 4.69) is 31.2 Å². The number of fused-ring (bicyclic) bond motifs is 1. The van der Waals surface area contributed by atoms with E-state index in [0.29, 0.717) is 5.39 Å². The highest BCUT2D eigenvalue weighted by atomic mass is 35.5. The van der Waals surface area contributed by atoms with Crippen LogP contribution in [0.15, 0.2) is 66.7 Å². The summed E-state index contributed by atoms with van der Waals surface area (Å²) in [6, 6.07) is 19.8. The van der Waals surface area contributed by atoms with Gasteiger partial charge in [-0.05, 0) is 65.5 Å². The van der Waals surface area contributed by atoms with Crippen molar-refractivity contribution in [2.24, 2.45) is 0 Å². The maximum Gasteiger partial charge on any atom is 0.145 e. The van der Waals surface area contributed by atoms with Crippen LogP contribution in [0.4, 0.5) is 13.2 Å². The van der Waals surface area contributed by atoms with Crippen LogP contribution >= 0.6 is 11.6 Å². The molecule has 0 heterocycles. The summed E-state index contributed by atoms with van der Waals surface area (Å²) in [7, 11) is 0. The largest absolute Gasteiger partial charge is 0.206 e. The van der Waals surface area contributed by atoms with E-state index in [-0.39, 0.29) is 11.1 Å². The van der Waals surface area contributed by atoms with Crippen LogP contribution < -0.4 is 0 Å². The summed E-state index contributed by atoms with van der Waals surface area (Å²) in [5.41, 5.74) is 4.02. The third-order valence-corrected chi connectivity index (χ3v) is 6.22. The molecule has 0 aromatic heterocycles. The van der Waals surface area contributed by atoms with E-state index in [1.807, 2.05) is 12.1 Å². The van der Waals surface area contributed by atoms with Crippen molar-refractivity contribution >= 4 is 22.4 Å². The molecule has 4 aromatic rings. The van der Waals surface area contributed by atoms with Crippen molar-refractivity contribution in [1.82, 2.24) is 0 Å². The molecule has 0 N–H and O–H groups in total. The first-order valence-electron chi connectivity index (χ1n) is 10.9. The fourth-order valence-electron chi connectivity index (χ4n) is 3.97. The van der Waals surface area contributed by atoms with Gasteiger partial charge in [0.2, 0.25) is 0 Å². The number of unbranched alkanes of at least 4 members (excludes halogenated alkanes) is 1. The standard InChI is InChI=1S/C28H24ClF3/c1-2-3-4-18-5-7-19(8-6-18)9-10-20-11-13-23-21(15-20)12-14-24(28(23)32)22-16-25(30)27(29)26(31)17-22/h5-8,11-17H,2-4,9-10H2,1H3. The predicted molar refractivity (Wildman–Crippen MR) is 127 cm³/mol. The minimum atomic E-state index is -0.907. The van der Waals surface area contributed by atoms with Crippen LogP contribution in [-0.2, 0) is 19.3 Å². The molecule has 0 aliphatic rings. The zero-order valence-electron chi connectivity index (χ0n) is 17.9. The molecule has 0 fully saturated rings. The van der Waals surface area contributed by atoms with Crippen molar-refractivity contribution in [1.29, 1.82) is 0 Å². The number of benzene rings is 4. The van der Waals surface area contributed by atoms with Gasteiger partial charge in [0.1, 0.15) is 22.5 Å². The third kappa shape index (κ3) is 4.83. The van der Waals surface area contributed by atoms with Gasteiger partial charge in [0, 0.05) is 10.9 Å². The summed E-state index contributed by atoms with van der Waals surface area (Å²) in [5.74, 6) is -2.32. The molecule has 0 amide bonds. The van der Waals surface area contributed by atoms with Gasteiger partial charge in [-0.3, -0.25) is 0 Å². The van der Waals surface area contributed by atoms with Gasteiger partial charge >= 0.3 is 0 Å².